The van der Waals surface area contributed by atoms with Crippen LogP contribution in [0.4, 0.5) is 0 Å². The lowest BCUT2D eigenvalue weighted by atomic mass is 9.99. The standard InChI is InChI=1S/C10H14N2O3/c13-8-3-4-14-5-7(8)10-11-9(12-15-10)6-1-2-6/h6-8,13H,1-5H2. The molecule has 2 unspecified atom stereocenters. The molecule has 2 fully saturated rings. The Morgan fingerprint density at radius 3 is 2.87 bits per heavy atom. The fourth-order valence-electron chi connectivity index (χ4n) is 1.87. The minimum atomic E-state index is -0.411. The molecule has 0 spiro atoms. The Bertz CT molecular complexity index is 348. The third kappa shape index (κ3) is 1.77. The Balaban J connectivity index is 1.78. The van der Waals surface area contributed by atoms with E-state index in [1.807, 2.05) is 0 Å². The number of rotatable bonds is 2. The summed E-state index contributed by atoms with van der Waals surface area (Å²) >= 11 is 0. The summed E-state index contributed by atoms with van der Waals surface area (Å²) in [6.45, 7) is 1.09. The second-order valence-corrected chi connectivity index (χ2v) is 4.30. The second-order valence-electron chi connectivity index (χ2n) is 4.30. The van der Waals surface area contributed by atoms with E-state index in [1.54, 1.807) is 0 Å². The van der Waals surface area contributed by atoms with E-state index in [0.717, 1.165) is 18.7 Å². The number of hydrogen-bond donors (Lipinski definition) is 1. The number of aliphatic hydroxyl groups excluding tert-OH is 1. The molecule has 2 atom stereocenters. The Kier molecular flexibility index (Phi) is 2.21. The highest BCUT2D eigenvalue weighted by Gasteiger charge is 2.33. The van der Waals surface area contributed by atoms with Crippen LogP contribution in [-0.4, -0.2) is 34.6 Å². The van der Waals surface area contributed by atoms with Crippen LogP contribution in [0.3, 0.4) is 0 Å². The van der Waals surface area contributed by atoms with Crippen LogP contribution in [0.2, 0.25) is 0 Å². The third-order valence-electron chi connectivity index (χ3n) is 3.04. The fourth-order valence-corrected chi connectivity index (χ4v) is 1.87. The molecule has 0 amide bonds. The summed E-state index contributed by atoms with van der Waals surface area (Å²) in [4.78, 5) is 4.33. The van der Waals surface area contributed by atoms with E-state index in [4.69, 9.17) is 9.26 Å². The van der Waals surface area contributed by atoms with Gasteiger partial charge in [-0.25, -0.2) is 0 Å². The minimum absolute atomic E-state index is 0.140. The van der Waals surface area contributed by atoms with Gasteiger partial charge in [0.1, 0.15) is 0 Å². The molecule has 1 aromatic rings. The van der Waals surface area contributed by atoms with Crippen LogP contribution < -0.4 is 0 Å². The summed E-state index contributed by atoms with van der Waals surface area (Å²) in [7, 11) is 0. The third-order valence-corrected chi connectivity index (χ3v) is 3.04. The smallest absolute Gasteiger partial charge is 0.234 e. The molecule has 5 nitrogen and oxygen atoms in total. The highest BCUT2D eigenvalue weighted by molar-refractivity contribution is 5.06. The number of aliphatic hydroxyl groups is 1. The van der Waals surface area contributed by atoms with E-state index in [0.29, 0.717) is 31.4 Å². The zero-order valence-corrected chi connectivity index (χ0v) is 8.43. The molecular weight excluding hydrogens is 196 g/mol. The van der Waals surface area contributed by atoms with E-state index in [-0.39, 0.29) is 5.92 Å². The van der Waals surface area contributed by atoms with Crippen molar-refractivity contribution in [2.75, 3.05) is 13.2 Å². The average Bonchev–Trinajstić information content (AvgIpc) is 2.99. The topological polar surface area (TPSA) is 68.4 Å². The van der Waals surface area contributed by atoms with Gasteiger partial charge in [-0.1, -0.05) is 5.16 Å². The minimum Gasteiger partial charge on any atom is -0.392 e. The van der Waals surface area contributed by atoms with Crippen LogP contribution in [0.25, 0.3) is 0 Å². The Labute approximate surface area is 87.4 Å². The molecule has 1 aliphatic carbocycles. The first kappa shape index (κ1) is 9.30. The Hall–Kier alpha value is -0.940. The van der Waals surface area contributed by atoms with Crippen molar-refractivity contribution in [1.29, 1.82) is 0 Å². The quantitative estimate of drug-likeness (QED) is 0.782. The predicted octanol–water partition coefficient (Wildman–Crippen LogP) is 0.812. The van der Waals surface area contributed by atoms with Crippen molar-refractivity contribution in [1.82, 2.24) is 10.1 Å². The monoisotopic (exact) mass is 210 g/mol. The van der Waals surface area contributed by atoms with Gasteiger partial charge in [0.2, 0.25) is 5.89 Å². The molecule has 0 radical (unpaired) electrons. The molecule has 1 saturated carbocycles. The van der Waals surface area contributed by atoms with E-state index in [1.165, 1.54) is 0 Å². The molecule has 1 aliphatic heterocycles. The number of ether oxygens (including phenoxy) is 1. The van der Waals surface area contributed by atoms with Crippen LogP contribution in [-0.2, 0) is 4.74 Å². The summed E-state index contributed by atoms with van der Waals surface area (Å²) in [6, 6.07) is 0. The van der Waals surface area contributed by atoms with Gasteiger partial charge >= 0.3 is 0 Å². The van der Waals surface area contributed by atoms with Gasteiger partial charge < -0.3 is 14.4 Å². The van der Waals surface area contributed by atoms with Gasteiger partial charge in [0.15, 0.2) is 5.82 Å². The average molecular weight is 210 g/mol. The first-order valence-corrected chi connectivity index (χ1v) is 5.44. The molecule has 2 heterocycles. The SMILES string of the molecule is OC1CCOCC1c1nc(C2CC2)no1. The largest absolute Gasteiger partial charge is 0.392 e. The van der Waals surface area contributed by atoms with Gasteiger partial charge in [-0.2, -0.15) is 4.98 Å². The van der Waals surface area contributed by atoms with Crippen molar-refractivity contribution >= 4 is 0 Å². The number of aromatic nitrogens is 2. The van der Waals surface area contributed by atoms with Crippen LogP contribution in [0, 0.1) is 0 Å². The Morgan fingerprint density at radius 1 is 1.27 bits per heavy atom. The maximum absolute atomic E-state index is 9.78. The summed E-state index contributed by atoms with van der Waals surface area (Å²) in [5.41, 5.74) is 0. The lowest BCUT2D eigenvalue weighted by Crippen LogP contribution is -2.30. The van der Waals surface area contributed by atoms with Crippen LogP contribution >= 0.6 is 0 Å². The molecule has 5 heteroatoms. The zero-order chi connectivity index (χ0) is 10.3. The van der Waals surface area contributed by atoms with E-state index in [2.05, 4.69) is 10.1 Å². The molecule has 1 saturated heterocycles. The first-order valence-electron chi connectivity index (χ1n) is 5.44. The molecule has 15 heavy (non-hydrogen) atoms. The molecule has 3 rings (SSSR count). The van der Waals surface area contributed by atoms with Gasteiger partial charge in [-0.05, 0) is 19.3 Å². The van der Waals surface area contributed by atoms with E-state index >= 15 is 0 Å². The highest BCUT2D eigenvalue weighted by Crippen LogP contribution is 2.39. The van der Waals surface area contributed by atoms with Crippen molar-refractivity contribution in [3.63, 3.8) is 0 Å². The van der Waals surface area contributed by atoms with Crippen LogP contribution in [0.15, 0.2) is 4.52 Å². The molecule has 0 bridgehead atoms. The maximum atomic E-state index is 9.78. The van der Waals surface area contributed by atoms with Crippen molar-refractivity contribution < 1.29 is 14.4 Å². The van der Waals surface area contributed by atoms with Gasteiger partial charge in [0.05, 0.1) is 18.6 Å². The molecule has 1 N–H and O–H groups in total. The van der Waals surface area contributed by atoms with Gasteiger partial charge in [-0.3, -0.25) is 0 Å². The van der Waals surface area contributed by atoms with E-state index in [9.17, 15) is 5.11 Å². The summed E-state index contributed by atoms with van der Waals surface area (Å²) < 4.78 is 10.5. The fraction of sp³-hybridized carbons (Fsp3) is 0.800. The second kappa shape index (κ2) is 3.57. The number of hydrogen-bond acceptors (Lipinski definition) is 5. The lowest BCUT2D eigenvalue weighted by Gasteiger charge is -2.24. The van der Waals surface area contributed by atoms with Gasteiger partial charge in [0.25, 0.3) is 0 Å². The number of nitrogens with zero attached hydrogens (tertiary/aromatic N) is 2. The molecule has 0 aromatic carbocycles. The van der Waals surface area contributed by atoms with E-state index < -0.39 is 6.10 Å². The lowest BCUT2D eigenvalue weighted by molar-refractivity contribution is -0.0149. The van der Waals surface area contributed by atoms with Crippen LogP contribution in [0.1, 0.15) is 42.8 Å². The summed E-state index contributed by atoms with van der Waals surface area (Å²) in [5, 5.41) is 13.7. The van der Waals surface area contributed by atoms with Gasteiger partial charge in [0, 0.05) is 12.5 Å². The molecule has 2 aliphatic rings. The van der Waals surface area contributed by atoms with Gasteiger partial charge in [-0.15, -0.1) is 0 Å². The van der Waals surface area contributed by atoms with Crippen molar-refractivity contribution in [3.8, 4) is 0 Å². The summed E-state index contributed by atoms with van der Waals surface area (Å²) in [5.74, 6) is 1.68. The van der Waals surface area contributed by atoms with Crippen molar-refractivity contribution in [2.45, 2.75) is 37.2 Å². The molecule has 1 aromatic heterocycles. The summed E-state index contributed by atoms with van der Waals surface area (Å²) in [6.07, 6.45) is 2.54. The molecule has 82 valence electrons. The molecular formula is C10H14N2O3. The normalized spacial score (nSPS) is 31.8. The van der Waals surface area contributed by atoms with Crippen molar-refractivity contribution in [3.05, 3.63) is 11.7 Å². The predicted molar refractivity (Wildman–Crippen MR) is 50.5 cm³/mol. The first-order chi connectivity index (χ1) is 7.34. The van der Waals surface area contributed by atoms with Crippen LogP contribution in [0.5, 0.6) is 0 Å². The van der Waals surface area contributed by atoms with Crippen molar-refractivity contribution in [2.24, 2.45) is 0 Å². The zero-order valence-electron chi connectivity index (χ0n) is 8.43. The maximum Gasteiger partial charge on any atom is 0.234 e. The highest BCUT2D eigenvalue weighted by atomic mass is 16.5. The Morgan fingerprint density at radius 2 is 2.13 bits per heavy atom.